The monoisotopic (exact) mass is 270 g/mol. The van der Waals surface area contributed by atoms with Crippen LogP contribution < -0.4 is 0 Å². The van der Waals surface area contributed by atoms with E-state index >= 15 is 0 Å². The van der Waals surface area contributed by atoms with Gasteiger partial charge in [0.1, 0.15) is 9.71 Å². The first-order chi connectivity index (χ1) is 9.16. The highest BCUT2D eigenvalue weighted by molar-refractivity contribution is 7.22. The number of thiazole rings is 1. The first-order valence-corrected chi connectivity index (χ1v) is 6.58. The second-order valence-corrected chi connectivity index (χ2v) is 5.22. The van der Waals surface area contributed by atoms with Gasteiger partial charge in [-0.2, -0.15) is 0 Å². The molecule has 1 heterocycles. The lowest BCUT2D eigenvalue weighted by molar-refractivity contribution is -0.382. The molecule has 94 valence electrons. The molecule has 4 nitrogen and oxygen atoms in total. The molecule has 0 spiro atoms. The molecule has 0 unspecified atom stereocenters. The van der Waals surface area contributed by atoms with Crippen LogP contribution in [-0.4, -0.2) is 9.91 Å². The summed E-state index contributed by atoms with van der Waals surface area (Å²) in [6.45, 7) is 2.01. The normalized spacial score (nSPS) is 10.8. The van der Waals surface area contributed by atoms with Gasteiger partial charge in [-0.15, -0.1) is 11.3 Å². The summed E-state index contributed by atoms with van der Waals surface area (Å²) in [6.07, 6.45) is 0. The number of hydrogen-bond donors (Lipinski definition) is 0. The number of nitro benzene ring substituents is 1. The maximum absolute atomic E-state index is 11.0. The van der Waals surface area contributed by atoms with Crippen LogP contribution in [0.2, 0.25) is 0 Å². The zero-order chi connectivity index (χ0) is 13.4. The predicted molar refractivity (Wildman–Crippen MR) is 76.4 cm³/mol. The molecule has 0 N–H and O–H groups in total. The Balaban J connectivity index is 2.26. The van der Waals surface area contributed by atoms with Gasteiger partial charge in [0.25, 0.3) is 5.69 Å². The molecule has 0 aliphatic carbocycles. The molecule has 3 rings (SSSR count). The molecule has 5 heteroatoms. The number of hydrogen-bond acceptors (Lipinski definition) is 4. The Morgan fingerprint density at radius 2 is 1.95 bits per heavy atom. The van der Waals surface area contributed by atoms with E-state index in [2.05, 4.69) is 4.98 Å². The fraction of sp³-hybridized carbons (Fsp3) is 0.0714. The van der Waals surface area contributed by atoms with Gasteiger partial charge >= 0.3 is 0 Å². The van der Waals surface area contributed by atoms with Crippen molar-refractivity contribution in [2.75, 3.05) is 0 Å². The van der Waals surface area contributed by atoms with Gasteiger partial charge < -0.3 is 0 Å². The van der Waals surface area contributed by atoms with E-state index in [0.717, 1.165) is 16.1 Å². The van der Waals surface area contributed by atoms with E-state index in [4.69, 9.17) is 0 Å². The SMILES string of the molecule is Cc1ccccc1-c1nc2cccc([N+](=O)[O-])c2s1. The lowest BCUT2D eigenvalue weighted by atomic mass is 10.1. The second kappa shape index (κ2) is 4.44. The molecule has 0 saturated heterocycles. The van der Waals surface area contributed by atoms with Gasteiger partial charge in [0.2, 0.25) is 0 Å². The number of rotatable bonds is 2. The third-order valence-corrected chi connectivity index (χ3v) is 4.09. The van der Waals surface area contributed by atoms with Gasteiger partial charge in [0.15, 0.2) is 0 Å². The summed E-state index contributed by atoms with van der Waals surface area (Å²) in [5, 5.41) is 11.8. The Kier molecular flexibility index (Phi) is 2.76. The smallest absolute Gasteiger partial charge is 0.258 e. The molecule has 3 aromatic rings. The number of benzene rings is 2. The summed E-state index contributed by atoms with van der Waals surface area (Å²) in [4.78, 5) is 15.2. The Morgan fingerprint density at radius 3 is 2.68 bits per heavy atom. The van der Waals surface area contributed by atoms with Crippen molar-refractivity contribution in [3.05, 3.63) is 58.1 Å². The summed E-state index contributed by atoms with van der Waals surface area (Å²) in [5.41, 5.74) is 2.94. The van der Waals surface area contributed by atoms with Crippen LogP contribution in [0.4, 0.5) is 5.69 Å². The van der Waals surface area contributed by atoms with Crippen LogP contribution in [0, 0.1) is 17.0 Å². The average molecular weight is 270 g/mol. The van der Waals surface area contributed by atoms with E-state index in [1.807, 2.05) is 31.2 Å². The first kappa shape index (κ1) is 11.8. The molecule has 0 fully saturated rings. The van der Waals surface area contributed by atoms with Gasteiger partial charge in [-0.1, -0.05) is 30.3 Å². The minimum atomic E-state index is -0.359. The minimum absolute atomic E-state index is 0.120. The zero-order valence-electron chi connectivity index (χ0n) is 10.2. The molecule has 0 atom stereocenters. The van der Waals surface area contributed by atoms with Crippen molar-refractivity contribution >= 4 is 27.2 Å². The Morgan fingerprint density at radius 1 is 1.16 bits per heavy atom. The van der Waals surface area contributed by atoms with E-state index in [0.29, 0.717) is 10.2 Å². The average Bonchev–Trinajstić information content (AvgIpc) is 2.82. The van der Waals surface area contributed by atoms with Crippen molar-refractivity contribution in [1.29, 1.82) is 0 Å². The third-order valence-electron chi connectivity index (χ3n) is 2.97. The van der Waals surface area contributed by atoms with Crippen LogP contribution in [0.25, 0.3) is 20.8 Å². The van der Waals surface area contributed by atoms with E-state index in [1.54, 1.807) is 12.1 Å². The van der Waals surface area contributed by atoms with Crippen LogP contribution in [0.15, 0.2) is 42.5 Å². The van der Waals surface area contributed by atoms with Crippen molar-refractivity contribution < 1.29 is 4.92 Å². The highest BCUT2D eigenvalue weighted by Gasteiger charge is 2.16. The summed E-state index contributed by atoms with van der Waals surface area (Å²) in [5.74, 6) is 0. The van der Waals surface area contributed by atoms with Gasteiger partial charge in [-0.05, 0) is 18.6 Å². The number of aromatic nitrogens is 1. The topological polar surface area (TPSA) is 56.0 Å². The van der Waals surface area contributed by atoms with Crippen LogP contribution in [0.5, 0.6) is 0 Å². The Bertz CT molecular complexity index is 780. The highest BCUT2D eigenvalue weighted by Crippen LogP contribution is 2.36. The van der Waals surface area contributed by atoms with Crippen LogP contribution in [0.3, 0.4) is 0 Å². The molecule has 0 bridgehead atoms. The predicted octanol–water partition coefficient (Wildman–Crippen LogP) is 4.18. The van der Waals surface area contributed by atoms with E-state index in [1.165, 1.54) is 17.4 Å². The molecule has 0 aliphatic heterocycles. The van der Waals surface area contributed by atoms with Crippen LogP contribution in [0.1, 0.15) is 5.56 Å². The van der Waals surface area contributed by atoms with Crippen molar-refractivity contribution in [2.45, 2.75) is 6.92 Å². The lowest BCUT2D eigenvalue weighted by Gasteiger charge is -1.99. The first-order valence-electron chi connectivity index (χ1n) is 5.77. The van der Waals surface area contributed by atoms with Gasteiger partial charge in [-0.3, -0.25) is 10.1 Å². The molecular weight excluding hydrogens is 260 g/mol. The van der Waals surface area contributed by atoms with Crippen LogP contribution >= 0.6 is 11.3 Å². The number of fused-ring (bicyclic) bond motifs is 1. The molecule has 2 aromatic carbocycles. The summed E-state index contributed by atoms with van der Waals surface area (Å²) >= 11 is 1.37. The Labute approximate surface area is 113 Å². The largest absolute Gasteiger partial charge is 0.288 e. The van der Waals surface area contributed by atoms with Crippen molar-refractivity contribution in [2.24, 2.45) is 0 Å². The van der Waals surface area contributed by atoms with E-state index in [9.17, 15) is 10.1 Å². The number of non-ortho nitro benzene ring substituents is 1. The maximum Gasteiger partial charge on any atom is 0.288 e. The molecule has 19 heavy (non-hydrogen) atoms. The molecular formula is C14H10N2O2S. The van der Waals surface area contributed by atoms with Gasteiger partial charge in [0, 0.05) is 11.6 Å². The molecule has 0 amide bonds. The van der Waals surface area contributed by atoms with E-state index < -0.39 is 0 Å². The number of aryl methyl sites for hydroxylation is 1. The molecule has 0 saturated carbocycles. The molecule has 0 aliphatic rings. The van der Waals surface area contributed by atoms with Gasteiger partial charge in [-0.25, -0.2) is 4.98 Å². The van der Waals surface area contributed by atoms with Crippen LogP contribution in [-0.2, 0) is 0 Å². The number of nitrogens with zero attached hydrogens (tertiary/aromatic N) is 2. The quantitative estimate of drug-likeness (QED) is 0.518. The minimum Gasteiger partial charge on any atom is -0.258 e. The molecule has 0 radical (unpaired) electrons. The second-order valence-electron chi connectivity index (χ2n) is 4.22. The lowest BCUT2D eigenvalue weighted by Crippen LogP contribution is -1.86. The van der Waals surface area contributed by atoms with E-state index in [-0.39, 0.29) is 10.6 Å². The maximum atomic E-state index is 11.0. The summed E-state index contributed by atoms with van der Waals surface area (Å²) in [6, 6.07) is 12.9. The molecule has 1 aromatic heterocycles. The fourth-order valence-corrected chi connectivity index (χ4v) is 3.15. The summed E-state index contributed by atoms with van der Waals surface area (Å²) in [7, 11) is 0. The zero-order valence-corrected chi connectivity index (χ0v) is 11.0. The van der Waals surface area contributed by atoms with Crippen molar-refractivity contribution in [3.63, 3.8) is 0 Å². The fourth-order valence-electron chi connectivity index (χ4n) is 2.01. The summed E-state index contributed by atoms with van der Waals surface area (Å²) < 4.78 is 0.630. The Hall–Kier alpha value is -2.27. The van der Waals surface area contributed by atoms with Crippen molar-refractivity contribution in [1.82, 2.24) is 4.98 Å². The van der Waals surface area contributed by atoms with Crippen molar-refractivity contribution in [3.8, 4) is 10.6 Å². The standard InChI is InChI=1S/C14H10N2O2S/c1-9-5-2-3-6-10(9)14-15-11-7-4-8-12(16(17)18)13(11)19-14/h2-8H,1H3. The number of nitro groups is 1. The van der Waals surface area contributed by atoms with Gasteiger partial charge in [0.05, 0.1) is 10.4 Å². The highest BCUT2D eigenvalue weighted by atomic mass is 32.1. The third kappa shape index (κ3) is 1.98.